The normalized spacial score (nSPS) is 10.8. The number of fused-ring (bicyclic) bond motifs is 1. The van der Waals surface area contributed by atoms with Gasteiger partial charge in [-0.25, -0.2) is 4.79 Å². The van der Waals surface area contributed by atoms with Crippen LogP contribution in [0.15, 0.2) is 48.6 Å². The second-order valence-electron chi connectivity index (χ2n) is 4.17. The number of ether oxygens (including phenoxy) is 2. The van der Waals surface area contributed by atoms with E-state index in [1.165, 1.54) is 13.2 Å². The molecule has 0 aliphatic carbocycles. The Bertz CT molecular complexity index is 706. The fraction of sp³-hybridized carbons (Fsp3) is 0.125. The molecule has 0 saturated heterocycles. The predicted molar refractivity (Wildman–Crippen MR) is 88.9 cm³/mol. The van der Waals surface area contributed by atoms with Gasteiger partial charge in [0.15, 0.2) is 0 Å². The van der Waals surface area contributed by atoms with Gasteiger partial charge in [-0.05, 0) is 22.9 Å². The van der Waals surface area contributed by atoms with E-state index in [0.29, 0.717) is 11.3 Å². The van der Waals surface area contributed by atoms with Crippen molar-refractivity contribution >= 4 is 43.1 Å². The van der Waals surface area contributed by atoms with Crippen molar-refractivity contribution in [3.05, 3.63) is 54.1 Å². The molecule has 0 aliphatic rings. The number of esters is 1. The van der Waals surface area contributed by atoms with E-state index in [1.807, 2.05) is 30.3 Å². The quantitative estimate of drug-likeness (QED) is 0.336. The first kappa shape index (κ1) is 15.5. The minimum absolute atomic E-state index is 0.0867. The Morgan fingerprint density at radius 1 is 1.19 bits per heavy atom. The fourth-order valence-corrected chi connectivity index (χ4v) is 2.48. The number of hydrogen-bond acceptors (Lipinski definition) is 4. The summed E-state index contributed by atoms with van der Waals surface area (Å²) in [5.41, 5.74) is 0.542. The molecule has 0 spiro atoms. The molecule has 0 saturated carbocycles. The van der Waals surface area contributed by atoms with E-state index < -0.39 is 5.97 Å². The summed E-state index contributed by atoms with van der Waals surface area (Å²) in [6, 6.07) is 11.3. The summed E-state index contributed by atoms with van der Waals surface area (Å²) >= 11 is 1.75. The molecule has 0 aromatic heterocycles. The fourth-order valence-electron chi connectivity index (χ4n) is 1.92. The van der Waals surface area contributed by atoms with Gasteiger partial charge in [0.1, 0.15) is 12.4 Å². The summed E-state index contributed by atoms with van der Waals surface area (Å²) in [6.07, 6.45) is 2.83. The first-order valence-corrected chi connectivity index (χ1v) is 7.30. The smallest absolute Gasteiger partial charge is 0.330 e. The van der Waals surface area contributed by atoms with E-state index in [0.717, 1.165) is 10.8 Å². The minimum atomic E-state index is -0.442. The van der Waals surface area contributed by atoms with E-state index in [2.05, 4.69) is 4.74 Å². The topological polar surface area (TPSA) is 52.6 Å². The summed E-state index contributed by atoms with van der Waals surface area (Å²) in [4.78, 5) is 22.8. The lowest BCUT2D eigenvalue weighted by Crippen LogP contribution is -2.02. The molecule has 0 bridgehead atoms. The molecule has 0 aliphatic heterocycles. The predicted octanol–water partition coefficient (Wildman–Crippen LogP) is 3.52. The van der Waals surface area contributed by atoms with E-state index >= 15 is 0 Å². The van der Waals surface area contributed by atoms with Crippen LogP contribution in [0.2, 0.25) is 0 Å². The minimum Gasteiger partial charge on any atom is -0.489 e. The molecule has 0 atom stereocenters. The van der Waals surface area contributed by atoms with Gasteiger partial charge in [0.25, 0.3) is 0 Å². The van der Waals surface area contributed by atoms with Crippen LogP contribution >= 0.6 is 22.6 Å². The zero-order valence-corrected chi connectivity index (χ0v) is 13.5. The number of benzene rings is 2. The molecule has 4 nitrogen and oxygen atoms in total. The Labute approximate surface area is 135 Å². The van der Waals surface area contributed by atoms with Crippen LogP contribution in [0.5, 0.6) is 5.75 Å². The van der Waals surface area contributed by atoms with E-state index in [4.69, 9.17) is 4.74 Å². The maximum Gasteiger partial charge on any atom is 0.330 e. The summed E-state index contributed by atoms with van der Waals surface area (Å²) < 4.78 is 9.98. The molecule has 0 radical (unpaired) electrons. The molecule has 0 heterocycles. The van der Waals surface area contributed by atoms with Crippen molar-refractivity contribution in [2.45, 2.75) is 0 Å². The second-order valence-corrected chi connectivity index (χ2v) is 5.15. The number of carbonyl (C=O) groups excluding carboxylic acids is 2. The second kappa shape index (κ2) is 7.21. The monoisotopic (exact) mass is 396 g/mol. The number of hydrogen-bond donors (Lipinski definition) is 0. The van der Waals surface area contributed by atoms with Crippen molar-refractivity contribution in [2.24, 2.45) is 0 Å². The Hall–Kier alpha value is -1.89. The lowest BCUT2D eigenvalue weighted by molar-refractivity contribution is -0.134. The Morgan fingerprint density at radius 2 is 1.95 bits per heavy atom. The third-order valence-corrected chi connectivity index (χ3v) is 3.42. The molecule has 0 fully saturated rings. The summed E-state index contributed by atoms with van der Waals surface area (Å²) in [5.74, 6) is 0.0601. The Morgan fingerprint density at radius 3 is 2.67 bits per heavy atom. The summed E-state index contributed by atoms with van der Waals surface area (Å²) in [6.45, 7) is 0.185. The van der Waals surface area contributed by atoms with Crippen LogP contribution in [0.4, 0.5) is 0 Å². The zero-order chi connectivity index (χ0) is 15.2. The molecule has 0 N–H and O–H groups in total. The molecule has 0 amide bonds. The number of methoxy groups -OCH3 is 1. The standard InChI is InChI=1S/C16H13IO4/c1-20-14(18)7-4-10-21-13-9-8-11-5-2-3-6-12(11)15(13)16(17)19/h2-9H,10H2,1H3/b7-4+. The van der Waals surface area contributed by atoms with Crippen LogP contribution < -0.4 is 4.74 Å². The van der Waals surface area contributed by atoms with Gasteiger partial charge in [-0.3, -0.25) is 4.79 Å². The van der Waals surface area contributed by atoms with Crippen molar-refractivity contribution < 1.29 is 19.1 Å². The van der Waals surface area contributed by atoms with Crippen molar-refractivity contribution in [3.63, 3.8) is 0 Å². The number of rotatable bonds is 5. The van der Waals surface area contributed by atoms with Crippen LogP contribution in [0.25, 0.3) is 10.8 Å². The van der Waals surface area contributed by atoms with Gasteiger partial charge in [0.05, 0.1) is 12.7 Å². The third kappa shape index (κ3) is 3.81. The van der Waals surface area contributed by atoms with Crippen molar-refractivity contribution in [2.75, 3.05) is 13.7 Å². The van der Waals surface area contributed by atoms with E-state index in [9.17, 15) is 9.59 Å². The van der Waals surface area contributed by atoms with Crippen LogP contribution in [0.1, 0.15) is 10.4 Å². The van der Waals surface area contributed by atoms with Gasteiger partial charge in [0.2, 0.25) is 3.79 Å². The third-order valence-electron chi connectivity index (χ3n) is 2.88. The molecule has 2 rings (SSSR count). The van der Waals surface area contributed by atoms with E-state index in [-0.39, 0.29) is 10.4 Å². The van der Waals surface area contributed by atoms with Crippen LogP contribution in [-0.2, 0) is 9.53 Å². The number of carbonyl (C=O) groups is 2. The Kier molecular flexibility index (Phi) is 5.32. The highest BCUT2D eigenvalue weighted by Crippen LogP contribution is 2.30. The van der Waals surface area contributed by atoms with Gasteiger partial charge in [-0.1, -0.05) is 30.3 Å². The molecular formula is C16H13IO4. The maximum absolute atomic E-state index is 11.9. The highest BCUT2D eigenvalue weighted by molar-refractivity contribution is 14.1. The van der Waals surface area contributed by atoms with Crippen LogP contribution in [-0.4, -0.2) is 23.5 Å². The van der Waals surface area contributed by atoms with Gasteiger partial charge in [-0.2, -0.15) is 0 Å². The molecular weight excluding hydrogens is 383 g/mol. The molecule has 5 heteroatoms. The average Bonchev–Trinajstić information content (AvgIpc) is 2.50. The van der Waals surface area contributed by atoms with Crippen molar-refractivity contribution in [1.82, 2.24) is 0 Å². The van der Waals surface area contributed by atoms with Gasteiger partial charge < -0.3 is 9.47 Å². The highest BCUT2D eigenvalue weighted by Gasteiger charge is 2.13. The van der Waals surface area contributed by atoms with Crippen molar-refractivity contribution in [3.8, 4) is 5.75 Å². The first-order valence-electron chi connectivity index (χ1n) is 6.22. The number of halogens is 1. The molecule has 2 aromatic rings. The van der Waals surface area contributed by atoms with Gasteiger partial charge >= 0.3 is 5.97 Å². The SMILES string of the molecule is COC(=O)/C=C/COc1ccc2ccccc2c1C(=O)I. The van der Waals surface area contributed by atoms with Crippen molar-refractivity contribution in [1.29, 1.82) is 0 Å². The lowest BCUT2D eigenvalue weighted by atomic mass is 10.0. The van der Waals surface area contributed by atoms with Crippen LogP contribution in [0, 0.1) is 0 Å². The first-order chi connectivity index (χ1) is 10.1. The zero-order valence-electron chi connectivity index (χ0n) is 11.3. The summed E-state index contributed by atoms with van der Waals surface area (Å²) in [5, 5.41) is 1.83. The maximum atomic E-state index is 11.9. The molecule has 108 valence electrons. The lowest BCUT2D eigenvalue weighted by Gasteiger charge is -2.10. The van der Waals surface area contributed by atoms with E-state index in [1.54, 1.807) is 34.7 Å². The molecule has 2 aromatic carbocycles. The highest BCUT2D eigenvalue weighted by atomic mass is 127. The summed E-state index contributed by atoms with van der Waals surface area (Å²) in [7, 11) is 1.31. The van der Waals surface area contributed by atoms with Gasteiger partial charge in [0, 0.05) is 28.7 Å². The molecule has 21 heavy (non-hydrogen) atoms. The van der Waals surface area contributed by atoms with Gasteiger partial charge in [-0.15, -0.1) is 0 Å². The Balaban J connectivity index is 2.27. The average molecular weight is 396 g/mol. The van der Waals surface area contributed by atoms with Crippen LogP contribution in [0.3, 0.4) is 0 Å². The molecule has 0 unspecified atom stereocenters. The largest absolute Gasteiger partial charge is 0.489 e.